The zero-order valence-electron chi connectivity index (χ0n) is 13.7. The first-order chi connectivity index (χ1) is 11.3. The van der Waals surface area contributed by atoms with Crippen molar-refractivity contribution in [2.45, 2.75) is 36.0 Å². The number of rotatable bonds is 5. The number of hydrogen-bond acceptors (Lipinski definition) is 5. The van der Waals surface area contributed by atoms with Crippen LogP contribution in [-0.2, 0) is 9.53 Å². The van der Waals surface area contributed by atoms with Crippen molar-refractivity contribution in [3.63, 3.8) is 0 Å². The minimum atomic E-state index is -0.569. The molecule has 1 saturated heterocycles. The number of carbonyl (C=O) groups excluding carboxylic acids is 2. The molecule has 1 heterocycles. The van der Waals surface area contributed by atoms with Crippen LogP contribution in [-0.4, -0.2) is 34.4 Å². The second-order valence-electron chi connectivity index (χ2n) is 6.26. The molecule has 0 atom stereocenters. The summed E-state index contributed by atoms with van der Waals surface area (Å²) in [4.78, 5) is 23.9. The third kappa shape index (κ3) is 5.29. The summed E-state index contributed by atoms with van der Waals surface area (Å²) in [7, 11) is 0. The minimum Gasteiger partial charge on any atom is -0.456 e. The van der Waals surface area contributed by atoms with Crippen molar-refractivity contribution in [3.8, 4) is 5.75 Å². The third-order valence-corrected chi connectivity index (χ3v) is 4.91. The molecule has 5 nitrogen and oxygen atoms in total. The Morgan fingerprint density at radius 3 is 2.29 bits per heavy atom. The Kier molecular flexibility index (Phi) is 6.83. The minimum absolute atomic E-state index is 0.345. The largest absolute Gasteiger partial charge is 0.456 e. The molecule has 0 amide bonds. The van der Waals surface area contributed by atoms with E-state index >= 15 is 0 Å². The quantitative estimate of drug-likeness (QED) is 0.411. The highest BCUT2D eigenvalue weighted by Gasteiger charge is 2.34. The average Bonchev–Trinajstić information content (AvgIpc) is 2.55. The van der Waals surface area contributed by atoms with Gasteiger partial charge in [0.1, 0.15) is 11.4 Å². The van der Waals surface area contributed by atoms with E-state index in [2.05, 4.69) is 37.2 Å². The Hall–Kier alpha value is -0.920. The van der Waals surface area contributed by atoms with E-state index < -0.39 is 15.3 Å². The molecule has 0 saturated carbocycles. The molecule has 0 aliphatic carbocycles. The fourth-order valence-corrected chi connectivity index (χ4v) is 2.90. The fraction of sp³-hybridized carbons (Fsp3) is 0.529. The molecule has 0 unspecified atom stereocenters. The molecule has 1 aromatic carbocycles. The normalized spacial score (nSPS) is 16.0. The first-order valence-electron chi connectivity index (χ1n) is 7.83. The van der Waals surface area contributed by atoms with Crippen LogP contribution in [0.15, 0.2) is 24.3 Å². The molecular formula is C17H21Br2NO4. The van der Waals surface area contributed by atoms with Crippen molar-refractivity contribution < 1.29 is 19.1 Å². The molecule has 0 radical (unpaired) electrons. The molecular weight excluding hydrogens is 442 g/mol. The lowest BCUT2D eigenvalue weighted by Gasteiger charge is -2.36. The van der Waals surface area contributed by atoms with E-state index in [9.17, 15) is 9.59 Å². The average molecular weight is 463 g/mol. The van der Waals surface area contributed by atoms with E-state index in [1.165, 1.54) is 0 Å². The number of ether oxygens (including phenoxy) is 2. The number of esters is 2. The number of alkyl halides is 2. The molecule has 1 aliphatic heterocycles. The highest BCUT2D eigenvalue weighted by Crippen LogP contribution is 2.30. The Bertz CT molecular complexity index is 581. The fourth-order valence-electron chi connectivity index (χ4n) is 2.72. The number of piperidine rings is 1. The van der Waals surface area contributed by atoms with E-state index in [0.717, 1.165) is 25.9 Å². The molecule has 1 aliphatic rings. The standard InChI is InChI=1S/C17H21Br2NO4/c1-17(2,12-7-9-20-10-8-12)24-15(21)11-3-5-13(6-4-11)23-16(22)14(18)19/h3-6,12,14,20H,7-10H2,1-2H3. The number of hydrogen-bond donors (Lipinski definition) is 1. The first kappa shape index (κ1) is 19.4. The lowest BCUT2D eigenvalue weighted by molar-refractivity contribution is -0.131. The monoisotopic (exact) mass is 461 g/mol. The van der Waals surface area contributed by atoms with Gasteiger partial charge < -0.3 is 14.8 Å². The maximum Gasteiger partial charge on any atom is 0.338 e. The van der Waals surface area contributed by atoms with Crippen LogP contribution in [0.25, 0.3) is 0 Å². The van der Waals surface area contributed by atoms with Gasteiger partial charge in [-0.3, -0.25) is 0 Å². The van der Waals surface area contributed by atoms with Crippen LogP contribution in [0.5, 0.6) is 5.75 Å². The maximum atomic E-state index is 12.4. The zero-order chi connectivity index (χ0) is 17.7. The summed E-state index contributed by atoms with van der Waals surface area (Å²) in [6, 6.07) is 6.35. The van der Waals surface area contributed by atoms with Gasteiger partial charge in [-0.25, -0.2) is 9.59 Å². The van der Waals surface area contributed by atoms with Gasteiger partial charge in [0.05, 0.1) is 5.56 Å². The van der Waals surface area contributed by atoms with Crippen LogP contribution in [0.2, 0.25) is 0 Å². The predicted octanol–water partition coefficient (Wildman–Crippen LogP) is 3.64. The summed E-state index contributed by atoms with van der Waals surface area (Å²) >= 11 is 6.14. The van der Waals surface area contributed by atoms with E-state index in [-0.39, 0.29) is 5.97 Å². The van der Waals surface area contributed by atoms with Crippen LogP contribution in [0.1, 0.15) is 37.0 Å². The molecule has 1 N–H and O–H groups in total. The highest BCUT2D eigenvalue weighted by atomic mass is 79.9. The Morgan fingerprint density at radius 2 is 1.75 bits per heavy atom. The summed E-state index contributed by atoms with van der Waals surface area (Å²) in [5.41, 5.74) is -0.0743. The molecule has 7 heteroatoms. The summed E-state index contributed by atoms with van der Waals surface area (Å²) in [6.07, 6.45) is 1.99. The second kappa shape index (κ2) is 8.45. The van der Waals surface area contributed by atoms with Crippen molar-refractivity contribution >= 4 is 43.8 Å². The van der Waals surface area contributed by atoms with Crippen LogP contribution in [0.4, 0.5) is 0 Å². The van der Waals surface area contributed by atoms with Crippen molar-refractivity contribution in [1.82, 2.24) is 5.32 Å². The smallest absolute Gasteiger partial charge is 0.338 e. The molecule has 2 rings (SSSR count). The SMILES string of the molecule is CC(C)(OC(=O)c1ccc(OC(=O)C(Br)Br)cc1)C1CCNCC1. The van der Waals surface area contributed by atoms with Crippen LogP contribution in [0, 0.1) is 5.92 Å². The number of carbonyl (C=O) groups is 2. The number of benzene rings is 1. The number of halogens is 2. The third-order valence-electron chi connectivity index (χ3n) is 4.16. The van der Waals surface area contributed by atoms with Gasteiger partial charge in [-0.1, -0.05) is 31.9 Å². The van der Waals surface area contributed by atoms with Gasteiger partial charge in [0.25, 0.3) is 0 Å². The van der Waals surface area contributed by atoms with E-state index in [4.69, 9.17) is 9.47 Å². The van der Waals surface area contributed by atoms with Crippen molar-refractivity contribution in [2.75, 3.05) is 13.1 Å². The summed E-state index contributed by atoms with van der Waals surface area (Å²) in [5, 5.41) is 3.31. The topological polar surface area (TPSA) is 64.6 Å². The first-order valence-corrected chi connectivity index (χ1v) is 9.66. The Labute approximate surface area is 158 Å². The zero-order valence-corrected chi connectivity index (χ0v) is 16.9. The maximum absolute atomic E-state index is 12.4. The number of nitrogens with one attached hydrogen (secondary N) is 1. The van der Waals surface area contributed by atoms with Gasteiger partial charge >= 0.3 is 11.9 Å². The Morgan fingerprint density at radius 1 is 1.17 bits per heavy atom. The van der Waals surface area contributed by atoms with Gasteiger partial charge in [0, 0.05) is 5.92 Å². The second-order valence-corrected chi connectivity index (χ2v) is 9.32. The molecule has 1 aromatic rings. The van der Waals surface area contributed by atoms with Gasteiger partial charge in [-0.15, -0.1) is 0 Å². The molecule has 1 fully saturated rings. The van der Waals surface area contributed by atoms with Crippen molar-refractivity contribution in [3.05, 3.63) is 29.8 Å². The van der Waals surface area contributed by atoms with Gasteiger partial charge in [0.15, 0.2) is 3.74 Å². The van der Waals surface area contributed by atoms with E-state index in [1.807, 2.05) is 13.8 Å². The summed E-state index contributed by atoms with van der Waals surface area (Å²) in [6.45, 7) is 5.83. The van der Waals surface area contributed by atoms with Crippen LogP contribution < -0.4 is 10.1 Å². The van der Waals surface area contributed by atoms with Crippen LogP contribution >= 0.6 is 31.9 Å². The van der Waals surface area contributed by atoms with E-state index in [1.54, 1.807) is 24.3 Å². The van der Waals surface area contributed by atoms with E-state index in [0.29, 0.717) is 17.2 Å². The lowest BCUT2D eigenvalue weighted by atomic mass is 9.83. The summed E-state index contributed by atoms with van der Waals surface area (Å²) < 4.78 is 10.3. The predicted molar refractivity (Wildman–Crippen MR) is 98.8 cm³/mol. The summed E-state index contributed by atoms with van der Waals surface area (Å²) in [5.74, 6) is -0.108. The van der Waals surface area contributed by atoms with Gasteiger partial charge in [-0.05, 0) is 64.0 Å². The molecule has 0 bridgehead atoms. The lowest BCUT2D eigenvalue weighted by Crippen LogP contribution is -2.42. The van der Waals surface area contributed by atoms with Gasteiger partial charge in [-0.2, -0.15) is 0 Å². The van der Waals surface area contributed by atoms with Crippen LogP contribution in [0.3, 0.4) is 0 Å². The van der Waals surface area contributed by atoms with Crippen molar-refractivity contribution in [1.29, 1.82) is 0 Å². The van der Waals surface area contributed by atoms with Gasteiger partial charge in [0.2, 0.25) is 0 Å². The molecule has 0 spiro atoms. The molecule has 24 heavy (non-hydrogen) atoms. The Balaban J connectivity index is 1.98. The highest BCUT2D eigenvalue weighted by molar-refractivity contribution is 9.25. The molecule has 132 valence electrons. The molecule has 0 aromatic heterocycles. The van der Waals surface area contributed by atoms with Crippen molar-refractivity contribution in [2.24, 2.45) is 5.92 Å².